The molecule has 0 saturated carbocycles. The van der Waals surface area contributed by atoms with Gasteiger partial charge in [0.25, 0.3) is 0 Å². The normalized spacial score (nSPS) is 12.5. The van der Waals surface area contributed by atoms with E-state index in [1.54, 1.807) is 0 Å². The van der Waals surface area contributed by atoms with Crippen molar-refractivity contribution >= 4 is 24.0 Å². The molecular formula is C14H11Cl2F4NO. The number of alkyl halides is 3. The summed E-state index contributed by atoms with van der Waals surface area (Å²) in [5, 5.41) is 0.151. The third kappa shape index (κ3) is 4.50. The summed E-state index contributed by atoms with van der Waals surface area (Å²) in [6, 6.07) is 8.12. The summed E-state index contributed by atoms with van der Waals surface area (Å²) < 4.78 is 53.7. The van der Waals surface area contributed by atoms with Gasteiger partial charge in [0.05, 0.1) is 6.04 Å². The van der Waals surface area contributed by atoms with Crippen molar-refractivity contribution in [3.05, 3.63) is 64.4 Å². The van der Waals surface area contributed by atoms with Crippen molar-refractivity contribution in [2.24, 2.45) is 5.73 Å². The van der Waals surface area contributed by atoms with Gasteiger partial charge in [-0.3, -0.25) is 0 Å². The average molecular weight is 356 g/mol. The Hall–Kier alpha value is -1.50. The van der Waals surface area contributed by atoms with Gasteiger partial charge in [-0.15, -0.1) is 25.6 Å². The number of rotatable bonds is 3. The lowest BCUT2D eigenvalue weighted by Crippen LogP contribution is -2.17. The average Bonchev–Trinajstić information content (AvgIpc) is 2.37. The van der Waals surface area contributed by atoms with Crippen LogP contribution in [-0.4, -0.2) is 6.36 Å². The van der Waals surface area contributed by atoms with Gasteiger partial charge < -0.3 is 10.5 Å². The maximum atomic E-state index is 13.8. The highest BCUT2D eigenvalue weighted by Gasteiger charge is 2.31. The van der Waals surface area contributed by atoms with Crippen LogP contribution in [0.4, 0.5) is 17.6 Å². The minimum absolute atomic E-state index is 0. The summed E-state index contributed by atoms with van der Waals surface area (Å²) in [7, 11) is 0. The number of ether oxygens (including phenoxy) is 1. The van der Waals surface area contributed by atoms with Crippen molar-refractivity contribution in [3.8, 4) is 5.75 Å². The largest absolute Gasteiger partial charge is 0.573 e. The first-order chi connectivity index (χ1) is 9.78. The molecule has 0 spiro atoms. The Morgan fingerprint density at radius 1 is 1.05 bits per heavy atom. The van der Waals surface area contributed by atoms with E-state index in [2.05, 4.69) is 4.74 Å². The summed E-state index contributed by atoms with van der Waals surface area (Å²) in [6.45, 7) is 0. The third-order valence-electron chi connectivity index (χ3n) is 2.78. The van der Waals surface area contributed by atoms with Gasteiger partial charge in [-0.05, 0) is 29.8 Å². The van der Waals surface area contributed by atoms with Gasteiger partial charge in [0.2, 0.25) is 0 Å². The summed E-state index contributed by atoms with van der Waals surface area (Å²) >= 11 is 5.90. The molecule has 1 atom stereocenters. The lowest BCUT2D eigenvalue weighted by molar-refractivity contribution is -0.274. The van der Waals surface area contributed by atoms with Crippen LogP contribution in [0.15, 0.2) is 42.5 Å². The molecule has 120 valence electrons. The number of halogens is 6. The maximum absolute atomic E-state index is 13.8. The molecule has 0 unspecified atom stereocenters. The molecule has 22 heavy (non-hydrogen) atoms. The van der Waals surface area contributed by atoms with E-state index in [1.807, 2.05) is 0 Å². The van der Waals surface area contributed by atoms with Crippen LogP contribution in [-0.2, 0) is 0 Å². The molecule has 0 heterocycles. The topological polar surface area (TPSA) is 35.2 Å². The Morgan fingerprint density at radius 2 is 1.64 bits per heavy atom. The van der Waals surface area contributed by atoms with E-state index in [9.17, 15) is 17.6 Å². The van der Waals surface area contributed by atoms with Crippen LogP contribution >= 0.6 is 24.0 Å². The minimum atomic E-state index is -4.77. The number of hydrogen-bond acceptors (Lipinski definition) is 2. The Labute approximate surface area is 135 Å². The minimum Gasteiger partial charge on any atom is -0.406 e. The molecule has 2 N–H and O–H groups in total. The van der Waals surface area contributed by atoms with Gasteiger partial charge in [0.15, 0.2) is 0 Å². The van der Waals surface area contributed by atoms with Crippen LogP contribution in [0.3, 0.4) is 0 Å². The fourth-order valence-electron chi connectivity index (χ4n) is 1.85. The predicted molar refractivity (Wildman–Crippen MR) is 77.8 cm³/mol. The monoisotopic (exact) mass is 355 g/mol. The summed E-state index contributed by atoms with van der Waals surface area (Å²) in [5.41, 5.74) is 6.41. The van der Waals surface area contributed by atoms with Crippen molar-refractivity contribution in [3.63, 3.8) is 0 Å². The van der Waals surface area contributed by atoms with Crippen molar-refractivity contribution in [2.75, 3.05) is 0 Å². The highest BCUT2D eigenvalue weighted by molar-refractivity contribution is 6.31. The van der Waals surface area contributed by atoms with Gasteiger partial charge in [-0.25, -0.2) is 4.39 Å². The first kappa shape index (κ1) is 18.5. The van der Waals surface area contributed by atoms with Crippen LogP contribution in [0.2, 0.25) is 5.02 Å². The van der Waals surface area contributed by atoms with E-state index < -0.39 is 18.2 Å². The zero-order valence-corrected chi connectivity index (χ0v) is 12.5. The summed E-state index contributed by atoms with van der Waals surface area (Å²) in [6.07, 6.45) is -4.77. The van der Waals surface area contributed by atoms with Crippen molar-refractivity contribution in [2.45, 2.75) is 12.4 Å². The molecule has 0 aromatic heterocycles. The molecule has 0 amide bonds. The van der Waals surface area contributed by atoms with Gasteiger partial charge in [0, 0.05) is 10.6 Å². The third-order valence-corrected chi connectivity index (χ3v) is 3.11. The van der Waals surface area contributed by atoms with Gasteiger partial charge >= 0.3 is 6.36 Å². The molecule has 2 rings (SSSR count). The molecular weight excluding hydrogens is 345 g/mol. The number of nitrogens with two attached hydrogens (primary N) is 1. The molecule has 0 radical (unpaired) electrons. The molecule has 2 aromatic carbocycles. The number of benzene rings is 2. The van der Waals surface area contributed by atoms with Gasteiger partial charge in [-0.2, -0.15) is 0 Å². The second kappa shape index (κ2) is 7.17. The quantitative estimate of drug-likeness (QED) is 0.799. The highest BCUT2D eigenvalue weighted by atomic mass is 35.5. The molecule has 0 fully saturated rings. The Bertz CT molecular complexity index is 611. The molecule has 0 aliphatic carbocycles. The Morgan fingerprint density at radius 3 is 2.14 bits per heavy atom. The fraction of sp³-hybridized carbons (Fsp3) is 0.143. The molecule has 0 bridgehead atoms. The zero-order valence-electron chi connectivity index (χ0n) is 10.9. The summed E-state index contributed by atoms with van der Waals surface area (Å²) in [5.74, 6) is -0.955. The Balaban J connectivity index is 0.00000242. The molecule has 2 nitrogen and oxygen atoms in total. The fourth-order valence-corrected chi connectivity index (χ4v) is 2.13. The first-order valence-electron chi connectivity index (χ1n) is 5.83. The molecule has 0 aliphatic heterocycles. The van der Waals surface area contributed by atoms with Crippen LogP contribution in [0, 0.1) is 5.82 Å². The van der Waals surface area contributed by atoms with Gasteiger partial charge in [0.1, 0.15) is 11.6 Å². The van der Waals surface area contributed by atoms with Crippen LogP contribution in [0.5, 0.6) is 5.75 Å². The lowest BCUT2D eigenvalue weighted by atomic mass is 9.99. The van der Waals surface area contributed by atoms with Crippen molar-refractivity contribution < 1.29 is 22.3 Å². The molecule has 2 aromatic rings. The van der Waals surface area contributed by atoms with E-state index in [4.69, 9.17) is 17.3 Å². The molecule has 0 aliphatic rings. The van der Waals surface area contributed by atoms with E-state index in [0.717, 1.165) is 12.1 Å². The smallest absolute Gasteiger partial charge is 0.406 e. The molecule has 8 heteroatoms. The standard InChI is InChI=1S/C14H10ClF4NO.ClH/c15-10-2-1-3-11(16)12(10)13(20)8-4-6-9(7-5-8)21-14(17,18)19;/h1-7,13H,20H2;1H/t13-;/m0./s1. The zero-order chi connectivity index (χ0) is 15.6. The first-order valence-corrected chi connectivity index (χ1v) is 6.21. The lowest BCUT2D eigenvalue weighted by Gasteiger charge is -2.16. The van der Waals surface area contributed by atoms with Gasteiger partial charge in [-0.1, -0.05) is 29.8 Å². The van der Waals surface area contributed by atoms with E-state index in [-0.39, 0.29) is 28.7 Å². The van der Waals surface area contributed by atoms with E-state index >= 15 is 0 Å². The maximum Gasteiger partial charge on any atom is 0.573 e. The van der Waals surface area contributed by atoms with E-state index in [0.29, 0.717) is 5.56 Å². The van der Waals surface area contributed by atoms with Crippen molar-refractivity contribution in [1.29, 1.82) is 0 Å². The Kier molecular flexibility index (Phi) is 6.05. The predicted octanol–water partition coefficient (Wildman–Crippen LogP) is 4.85. The molecule has 0 saturated heterocycles. The summed E-state index contributed by atoms with van der Waals surface area (Å²) in [4.78, 5) is 0. The second-order valence-corrected chi connectivity index (χ2v) is 4.64. The van der Waals surface area contributed by atoms with Crippen LogP contribution < -0.4 is 10.5 Å². The SMILES string of the molecule is Cl.N[C@@H](c1ccc(OC(F)(F)F)cc1)c1c(F)cccc1Cl. The van der Waals surface area contributed by atoms with Crippen LogP contribution in [0.25, 0.3) is 0 Å². The van der Waals surface area contributed by atoms with E-state index in [1.165, 1.54) is 30.3 Å². The van der Waals surface area contributed by atoms with Crippen molar-refractivity contribution in [1.82, 2.24) is 0 Å². The second-order valence-electron chi connectivity index (χ2n) is 4.23. The number of hydrogen-bond donors (Lipinski definition) is 1. The highest BCUT2D eigenvalue weighted by Crippen LogP contribution is 2.30. The van der Waals surface area contributed by atoms with Crippen LogP contribution in [0.1, 0.15) is 17.2 Å².